The van der Waals surface area contributed by atoms with Crippen molar-refractivity contribution in [3.05, 3.63) is 69.6 Å². The second-order valence-corrected chi connectivity index (χ2v) is 5.52. The first-order chi connectivity index (χ1) is 11.5. The Morgan fingerprint density at radius 3 is 2.62 bits per heavy atom. The highest BCUT2D eigenvalue weighted by atomic mass is 35.5. The van der Waals surface area contributed by atoms with E-state index in [1.54, 1.807) is 35.0 Å². The van der Waals surface area contributed by atoms with E-state index in [0.717, 1.165) is 0 Å². The molecule has 6 heteroatoms. The fourth-order valence-electron chi connectivity index (χ4n) is 2.52. The first kappa shape index (κ1) is 18.2. The van der Waals surface area contributed by atoms with E-state index in [4.69, 9.17) is 17.3 Å². The van der Waals surface area contributed by atoms with Gasteiger partial charge in [-0.1, -0.05) is 38.4 Å². The fourth-order valence-corrected chi connectivity index (χ4v) is 2.75. The van der Waals surface area contributed by atoms with Crippen LogP contribution in [0.25, 0.3) is 11.2 Å². The number of hydrogen-bond donors (Lipinski definition) is 1. The number of nitrogens with zero attached hydrogens (tertiary/aromatic N) is 2. The number of rotatable bonds is 3. The number of nitrogens with two attached hydrogens (primary N) is 1. The van der Waals surface area contributed by atoms with E-state index in [-0.39, 0.29) is 11.6 Å². The molecule has 0 amide bonds. The quantitative estimate of drug-likeness (QED) is 0.765. The van der Waals surface area contributed by atoms with Crippen LogP contribution in [-0.2, 0) is 0 Å². The van der Waals surface area contributed by atoms with Crippen LogP contribution < -0.4 is 11.3 Å². The van der Waals surface area contributed by atoms with Crippen molar-refractivity contribution in [3.8, 4) is 5.69 Å². The van der Waals surface area contributed by atoms with Gasteiger partial charge in [-0.15, -0.1) is 0 Å². The molecular weight excluding hydrogens is 329 g/mol. The molecule has 0 radical (unpaired) electrons. The third-order valence-corrected chi connectivity index (χ3v) is 3.99. The molecule has 2 N–H and O–H groups in total. The van der Waals surface area contributed by atoms with Gasteiger partial charge in [-0.25, -0.2) is 4.39 Å². The van der Waals surface area contributed by atoms with Crippen molar-refractivity contribution in [1.29, 1.82) is 0 Å². The average molecular weight is 350 g/mol. The van der Waals surface area contributed by atoms with Crippen molar-refractivity contribution in [3.63, 3.8) is 0 Å². The molecule has 3 rings (SSSR count). The van der Waals surface area contributed by atoms with E-state index in [2.05, 4.69) is 0 Å². The zero-order chi connectivity index (χ0) is 17.9. The lowest BCUT2D eigenvalue weighted by Gasteiger charge is -2.18. The molecule has 0 aliphatic heterocycles. The lowest BCUT2D eigenvalue weighted by Crippen LogP contribution is -2.28. The average Bonchev–Trinajstić information content (AvgIpc) is 2.97. The zero-order valence-corrected chi connectivity index (χ0v) is 14.7. The van der Waals surface area contributed by atoms with Gasteiger partial charge in [0.05, 0.1) is 16.4 Å². The van der Waals surface area contributed by atoms with E-state index in [9.17, 15) is 9.18 Å². The highest BCUT2D eigenvalue weighted by molar-refractivity contribution is 6.33. The molecule has 0 bridgehead atoms. The Kier molecular flexibility index (Phi) is 5.80. The van der Waals surface area contributed by atoms with Crippen molar-refractivity contribution in [2.24, 2.45) is 5.73 Å². The minimum atomic E-state index is -0.415. The molecule has 4 nitrogen and oxygen atoms in total. The van der Waals surface area contributed by atoms with Gasteiger partial charge in [0, 0.05) is 18.4 Å². The summed E-state index contributed by atoms with van der Waals surface area (Å²) in [6.07, 6.45) is 4.12. The van der Waals surface area contributed by atoms with Crippen molar-refractivity contribution in [2.45, 2.75) is 33.2 Å². The molecule has 24 heavy (non-hydrogen) atoms. The third kappa shape index (κ3) is 3.23. The molecule has 1 unspecified atom stereocenters. The molecule has 0 fully saturated rings. The first-order valence-electron chi connectivity index (χ1n) is 7.96. The van der Waals surface area contributed by atoms with Crippen molar-refractivity contribution in [1.82, 2.24) is 8.97 Å². The van der Waals surface area contributed by atoms with Crippen LogP contribution in [-0.4, -0.2) is 8.97 Å². The Labute approximate surface area is 145 Å². The van der Waals surface area contributed by atoms with E-state index in [1.807, 2.05) is 20.8 Å². The summed E-state index contributed by atoms with van der Waals surface area (Å²) in [6, 6.07) is 7.17. The van der Waals surface area contributed by atoms with Crippen LogP contribution in [0.3, 0.4) is 0 Å². The minimum absolute atomic E-state index is 0.318. The van der Waals surface area contributed by atoms with Crippen LogP contribution in [0.15, 0.2) is 47.5 Å². The number of halogens is 2. The molecule has 3 aromatic rings. The van der Waals surface area contributed by atoms with Crippen LogP contribution in [0, 0.1) is 5.82 Å². The van der Waals surface area contributed by atoms with Gasteiger partial charge in [0.25, 0.3) is 5.56 Å². The molecular formula is C18H21ClFN3O. The van der Waals surface area contributed by atoms with Crippen LogP contribution in [0.1, 0.15) is 38.9 Å². The normalized spacial score (nSPS) is 11.9. The number of aromatic nitrogens is 2. The minimum Gasteiger partial charge on any atom is -0.323 e. The Bertz CT molecular complexity index is 901. The molecule has 0 saturated heterocycles. The van der Waals surface area contributed by atoms with E-state index >= 15 is 0 Å². The maximum atomic E-state index is 13.6. The number of benzene rings is 1. The summed E-state index contributed by atoms with van der Waals surface area (Å²) < 4.78 is 16.6. The smallest absolute Gasteiger partial charge is 0.281 e. The fraction of sp³-hybridized carbons (Fsp3) is 0.278. The SMILES string of the molecule is CC.CCC(N)c1cn2ccc(Cl)c2c(=O)n1-c1cccc(F)c1. The maximum absolute atomic E-state index is 13.6. The van der Waals surface area contributed by atoms with E-state index in [0.29, 0.717) is 28.3 Å². The number of hydrogen-bond acceptors (Lipinski definition) is 2. The lowest BCUT2D eigenvalue weighted by atomic mass is 10.1. The lowest BCUT2D eigenvalue weighted by molar-refractivity contribution is 0.619. The maximum Gasteiger partial charge on any atom is 0.281 e. The van der Waals surface area contributed by atoms with E-state index < -0.39 is 5.82 Å². The predicted octanol–water partition coefficient (Wildman–Crippen LogP) is 4.32. The Morgan fingerprint density at radius 1 is 1.29 bits per heavy atom. The van der Waals surface area contributed by atoms with Gasteiger partial charge < -0.3 is 10.1 Å². The molecule has 1 aromatic carbocycles. The van der Waals surface area contributed by atoms with Crippen molar-refractivity contribution >= 4 is 17.1 Å². The monoisotopic (exact) mass is 349 g/mol. The highest BCUT2D eigenvalue weighted by Gasteiger charge is 2.17. The van der Waals surface area contributed by atoms with Crippen LogP contribution in [0.4, 0.5) is 4.39 Å². The summed E-state index contributed by atoms with van der Waals surface area (Å²) in [5.74, 6) is -0.415. The molecule has 2 heterocycles. The standard InChI is InChI=1S/C16H15ClFN3O.C2H6/c1-2-13(19)14-9-20-7-6-12(17)15(20)16(22)21(14)11-5-3-4-10(18)8-11;1-2/h3-9,13H,2,19H2,1H3;1-2H3. The zero-order valence-electron chi connectivity index (χ0n) is 14.0. The second-order valence-electron chi connectivity index (χ2n) is 5.11. The van der Waals surface area contributed by atoms with Crippen molar-refractivity contribution in [2.75, 3.05) is 0 Å². The van der Waals surface area contributed by atoms with E-state index in [1.165, 1.54) is 16.7 Å². The van der Waals surface area contributed by atoms with Crippen LogP contribution in [0.2, 0.25) is 5.02 Å². The third-order valence-electron chi connectivity index (χ3n) is 3.69. The summed E-state index contributed by atoms with van der Waals surface area (Å²) in [5.41, 5.74) is 7.21. The molecule has 0 aliphatic carbocycles. The van der Waals surface area contributed by atoms with Gasteiger partial charge in [-0.05, 0) is 30.7 Å². The van der Waals surface area contributed by atoms with Gasteiger partial charge in [0.15, 0.2) is 0 Å². The second kappa shape index (κ2) is 7.64. The number of fused-ring (bicyclic) bond motifs is 1. The molecule has 128 valence electrons. The van der Waals surface area contributed by atoms with Gasteiger partial charge in [-0.2, -0.15) is 0 Å². The summed E-state index contributed by atoms with van der Waals surface area (Å²) in [5, 5.41) is 0.353. The summed E-state index contributed by atoms with van der Waals surface area (Å²) in [4.78, 5) is 12.8. The molecule has 0 spiro atoms. The Morgan fingerprint density at radius 2 is 2.00 bits per heavy atom. The van der Waals surface area contributed by atoms with Gasteiger partial charge in [0.2, 0.25) is 0 Å². The summed E-state index contributed by atoms with van der Waals surface area (Å²) in [6.45, 7) is 5.93. The summed E-state index contributed by atoms with van der Waals surface area (Å²) >= 11 is 6.09. The Balaban J connectivity index is 0.00000100. The predicted molar refractivity (Wildman–Crippen MR) is 96.5 cm³/mol. The Hall–Kier alpha value is -2.11. The summed E-state index contributed by atoms with van der Waals surface area (Å²) in [7, 11) is 0. The van der Waals surface area contributed by atoms with Gasteiger partial charge in [0.1, 0.15) is 11.3 Å². The largest absolute Gasteiger partial charge is 0.323 e. The molecule has 2 aromatic heterocycles. The first-order valence-corrected chi connectivity index (χ1v) is 8.34. The molecule has 1 atom stereocenters. The van der Waals surface area contributed by atoms with Gasteiger partial charge in [-0.3, -0.25) is 9.36 Å². The molecule has 0 aliphatic rings. The van der Waals surface area contributed by atoms with Crippen molar-refractivity contribution < 1.29 is 4.39 Å². The topological polar surface area (TPSA) is 52.4 Å². The van der Waals surface area contributed by atoms with Crippen LogP contribution >= 0.6 is 11.6 Å². The molecule has 0 saturated carbocycles. The van der Waals surface area contributed by atoms with Crippen LogP contribution in [0.5, 0.6) is 0 Å². The van der Waals surface area contributed by atoms with Gasteiger partial charge >= 0.3 is 0 Å². The highest BCUT2D eigenvalue weighted by Crippen LogP contribution is 2.22.